The summed E-state index contributed by atoms with van der Waals surface area (Å²) in [7, 11) is 0. The Bertz CT molecular complexity index is 1750. The highest BCUT2D eigenvalue weighted by atomic mass is 32.1. The summed E-state index contributed by atoms with van der Waals surface area (Å²) in [6.45, 7) is 3.52. The van der Waals surface area contributed by atoms with Gasteiger partial charge in [-0.25, -0.2) is 9.97 Å². The van der Waals surface area contributed by atoms with Gasteiger partial charge in [0.1, 0.15) is 23.8 Å². The van der Waals surface area contributed by atoms with Gasteiger partial charge in [-0.2, -0.15) is 0 Å². The number of hydrogen-bond donors (Lipinski definition) is 1. The van der Waals surface area contributed by atoms with Crippen molar-refractivity contribution in [3.8, 4) is 28.7 Å². The first-order valence-electron chi connectivity index (χ1n) is 14.2. The van der Waals surface area contributed by atoms with Gasteiger partial charge in [0.15, 0.2) is 10.9 Å². The first kappa shape index (κ1) is 28.4. The molecular weight excluding hydrogens is 566 g/mol. The van der Waals surface area contributed by atoms with E-state index in [9.17, 15) is 14.7 Å². The summed E-state index contributed by atoms with van der Waals surface area (Å²) in [5, 5.41) is 9.87. The molecule has 0 spiro atoms. The summed E-state index contributed by atoms with van der Waals surface area (Å²) in [6, 6.07) is 17.1. The fraction of sp³-hybridized carbons (Fsp3) is 0.273. The van der Waals surface area contributed by atoms with Gasteiger partial charge in [0.2, 0.25) is 5.91 Å². The third kappa shape index (κ3) is 6.24. The molecule has 0 fully saturated rings. The van der Waals surface area contributed by atoms with Crippen LogP contribution in [-0.4, -0.2) is 27.0 Å². The lowest BCUT2D eigenvalue weighted by Gasteiger charge is -2.18. The van der Waals surface area contributed by atoms with Crippen LogP contribution < -0.4 is 9.64 Å². The molecular formula is C33H31N3O6S. The smallest absolute Gasteiger partial charge is 0.303 e. The van der Waals surface area contributed by atoms with Crippen LogP contribution in [0.15, 0.2) is 69.7 Å². The van der Waals surface area contributed by atoms with Gasteiger partial charge < -0.3 is 18.7 Å². The van der Waals surface area contributed by atoms with E-state index in [-0.39, 0.29) is 18.9 Å². The Balaban J connectivity index is 1.24. The van der Waals surface area contributed by atoms with Crippen LogP contribution in [0.1, 0.15) is 53.6 Å². The number of carbonyl (C=O) groups excluding carboxylic acids is 1. The Kier molecular flexibility index (Phi) is 8.11. The molecule has 0 atom stereocenters. The van der Waals surface area contributed by atoms with Crippen LogP contribution in [0, 0.1) is 6.92 Å². The number of furan rings is 1. The first-order valence-corrected chi connectivity index (χ1v) is 15.0. The Morgan fingerprint density at radius 3 is 2.56 bits per heavy atom. The van der Waals surface area contributed by atoms with Gasteiger partial charge in [0.25, 0.3) is 5.89 Å². The lowest BCUT2D eigenvalue weighted by Crippen LogP contribution is -2.22. The number of carbonyl (C=O) groups is 2. The van der Waals surface area contributed by atoms with Crippen LogP contribution in [0.3, 0.4) is 0 Å². The van der Waals surface area contributed by atoms with E-state index >= 15 is 0 Å². The number of ether oxygens (including phenoxy) is 1. The fourth-order valence-corrected chi connectivity index (χ4v) is 6.42. The number of oxazole rings is 1. The highest BCUT2D eigenvalue weighted by Crippen LogP contribution is 2.39. The van der Waals surface area contributed by atoms with Crippen LogP contribution in [0.25, 0.3) is 22.9 Å². The van der Waals surface area contributed by atoms with Crippen LogP contribution in [0.2, 0.25) is 0 Å². The number of nitrogens with zero attached hydrogens (tertiary/aromatic N) is 3. The van der Waals surface area contributed by atoms with Crippen molar-refractivity contribution in [1.29, 1.82) is 0 Å². The number of hydrogen-bond acceptors (Lipinski definition) is 8. The summed E-state index contributed by atoms with van der Waals surface area (Å²) in [5.74, 6) is 1.12. The van der Waals surface area contributed by atoms with Gasteiger partial charge in [0.05, 0.1) is 24.1 Å². The minimum atomic E-state index is -0.872. The molecule has 0 aliphatic heterocycles. The maximum Gasteiger partial charge on any atom is 0.303 e. The molecule has 1 aliphatic carbocycles. The van der Waals surface area contributed by atoms with Gasteiger partial charge in [-0.05, 0) is 92.6 Å². The van der Waals surface area contributed by atoms with E-state index in [4.69, 9.17) is 18.6 Å². The number of aryl methyl sites for hydroxylation is 4. The molecule has 9 nitrogen and oxygen atoms in total. The van der Waals surface area contributed by atoms with E-state index in [1.165, 1.54) is 35.8 Å². The molecule has 43 heavy (non-hydrogen) atoms. The van der Waals surface area contributed by atoms with Crippen molar-refractivity contribution in [3.05, 3.63) is 88.3 Å². The predicted molar refractivity (Wildman–Crippen MR) is 163 cm³/mol. The van der Waals surface area contributed by atoms with Gasteiger partial charge >= 0.3 is 5.97 Å². The number of aromatic nitrogens is 2. The maximum absolute atomic E-state index is 12.9. The molecule has 0 saturated carbocycles. The van der Waals surface area contributed by atoms with Gasteiger partial charge in [-0.3, -0.25) is 14.5 Å². The Morgan fingerprint density at radius 1 is 1.05 bits per heavy atom. The molecule has 5 aromatic rings. The van der Waals surface area contributed by atoms with E-state index in [0.29, 0.717) is 46.1 Å². The molecule has 3 heterocycles. The van der Waals surface area contributed by atoms with Crippen LogP contribution in [0.5, 0.6) is 5.75 Å². The van der Waals surface area contributed by atoms with Crippen molar-refractivity contribution in [1.82, 2.24) is 9.97 Å². The lowest BCUT2D eigenvalue weighted by atomic mass is 9.90. The van der Waals surface area contributed by atoms with Crippen molar-refractivity contribution in [2.24, 2.45) is 0 Å². The molecule has 0 unspecified atom stereocenters. The van der Waals surface area contributed by atoms with Crippen molar-refractivity contribution >= 4 is 34.0 Å². The molecule has 1 amide bonds. The zero-order valence-corrected chi connectivity index (χ0v) is 24.8. The second-order valence-corrected chi connectivity index (χ2v) is 11.6. The number of carboxylic acids is 1. The average molecular weight is 598 g/mol. The zero-order chi connectivity index (χ0) is 29.9. The number of amides is 1. The van der Waals surface area contributed by atoms with Crippen molar-refractivity contribution in [2.75, 3.05) is 4.90 Å². The zero-order valence-electron chi connectivity index (χ0n) is 24.0. The fourth-order valence-electron chi connectivity index (χ4n) is 5.27. The normalized spacial score (nSPS) is 12.6. The third-order valence-corrected chi connectivity index (χ3v) is 8.58. The van der Waals surface area contributed by atoms with Crippen molar-refractivity contribution in [3.63, 3.8) is 0 Å². The summed E-state index contributed by atoms with van der Waals surface area (Å²) in [5.41, 5.74) is 5.66. The first-order chi connectivity index (χ1) is 20.9. The quantitative estimate of drug-likeness (QED) is 0.176. The molecule has 1 N–H and O–H groups in total. The van der Waals surface area contributed by atoms with E-state index in [2.05, 4.69) is 23.2 Å². The second kappa shape index (κ2) is 12.3. The van der Waals surface area contributed by atoms with Crippen molar-refractivity contribution in [2.45, 2.75) is 59.0 Å². The number of anilines is 2. The van der Waals surface area contributed by atoms with E-state index in [0.717, 1.165) is 35.4 Å². The van der Waals surface area contributed by atoms with Crippen LogP contribution in [-0.2, 0) is 35.5 Å². The van der Waals surface area contributed by atoms with Gasteiger partial charge in [-0.15, -0.1) is 11.3 Å². The number of benzene rings is 2. The summed E-state index contributed by atoms with van der Waals surface area (Å²) < 4.78 is 17.0. The largest absolute Gasteiger partial charge is 0.487 e. The molecule has 1 aliphatic rings. The highest BCUT2D eigenvalue weighted by Gasteiger charge is 2.23. The molecule has 10 heteroatoms. The Morgan fingerprint density at radius 2 is 1.84 bits per heavy atom. The van der Waals surface area contributed by atoms with Crippen LogP contribution >= 0.6 is 11.3 Å². The molecule has 220 valence electrons. The maximum atomic E-state index is 12.9. The summed E-state index contributed by atoms with van der Waals surface area (Å²) in [4.78, 5) is 36.1. The SMILES string of the molecule is CC(=O)N(c1ccc(OCc2nc(-c3ccco3)oc2C)cc1)c1nc(-c2ccc3c(c2)CCCC3)c(CCC(=O)O)s1. The molecule has 0 saturated heterocycles. The molecule has 0 bridgehead atoms. The average Bonchev–Trinajstić information content (AvgIpc) is 3.76. The lowest BCUT2D eigenvalue weighted by molar-refractivity contribution is -0.137. The number of thiazole rings is 1. The number of aliphatic carboxylic acids is 1. The summed E-state index contributed by atoms with van der Waals surface area (Å²) >= 11 is 1.35. The van der Waals surface area contributed by atoms with E-state index in [1.54, 1.807) is 47.6 Å². The molecule has 2 aromatic carbocycles. The van der Waals surface area contributed by atoms with Gasteiger partial charge in [0, 0.05) is 17.4 Å². The predicted octanol–water partition coefficient (Wildman–Crippen LogP) is 7.53. The standard InChI is InChI=1S/C33H31N3O6S/c1-20-27(34-32(42-20)28-8-5-17-40-28)19-41-26-13-11-25(12-14-26)36(21(2)37)33-35-31(29(43-33)15-16-30(38)39)24-10-9-22-6-3-4-7-23(22)18-24/h5,8-14,17-18H,3-4,6-7,15-16,19H2,1-2H3,(H,38,39). The molecule has 6 rings (SSSR count). The minimum absolute atomic E-state index is 0.0142. The monoisotopic (exact) mass is 597 g/mol. The Labute approximate surface area is 252 Å². The second-order valence-electron chi connectivity index (χ2n) is 10.5. The number of fused-ring (bicyclic) bond motifs is 1. The molecule has 3 aromatic heterocycles. The number of carboxylic acid groups (broad SMARTS) is 1. The van der Waals surface area contributed by atoms with Crippen LogP contribution in [0.4, 0.5) is 10.8 Å². The third-order valence-electron chi connectivity index (χ3n) is 7.48. The Hall–Kier alpha value is -4.70. The molecule has 0 radical (unpaired) electrons. The number of rotatable bonds is 10. The van der Waals surface area contributed by atoms with Crippen molar-refractivity contribution < 1.29 is 28.3 Å². The minimum Gasteiger partial charge on any atom is -0.487 e. The topological polar surface area (TPSA) is 119 Å². The van der Waals surface area contributed by atoms with Gasteiger partial charge in [-0.1, -0.05) is 12.1 Å². The van der Waals surface area contributed by atoms with E-state index < -0.39 is 5.97 Å². The highest BCUT2D eigenvalue weighted by molar-refractivity contribution is 7.16. The summed E-state index contributed by atoms with van der Waals surface area (Å²) in [6.07, 6.45) is 6.34. The van der Waals surface area contributed by atoms with E-state index in [1.807, 2.05) is 6.92 Å².